The molecule has 0 rings (SSSR count). The lowest BCUT2D eigenvalue weighted by atomic mass is 10.1. The van der Waals surface area contributed by atoms with Crippen molar-refractivity contribution in [2.24, 2.45) is 0 Å². The Bertz CT molecular complexity index is 161. The quantitative estimate of drug-likeness (QED) is 0.341. The number of unbranched alkanes of at least 4 members (excludes halogenated alkanes) is 8. The van der Waals surface area contributed by atoms with Gasteiger partial charge in [-0.2, -0.15) is 0 Å². The van der Waals surface area contributed by atoms with Crippen LogP contribution in [0.4, 0.5) is 0 Å². The number of hydrogen-bond acceptors (Lipinski definition) is 1. The van der Waals surface area contributed by atoms with E-state index in [1.165, 1.54) is 70.8 Å². The number of allylic oxidation sites excluding steroid dienone is 2. The molecule has 0 saturated heterocycles. The van der Waals surface area contributed by atoms with Gasteiger partial charge in [-0.05, 0) is 46.3 Å². The molecule has 0 aromatic carbocycles. The minimum absolute atomic E-state index is 1.25. The third-order valence-corrected chi connectivity index (χ3v) is 3.12. The van der Waals surface area contributed by atoms with Gasteiger partial charge in [0.15, 0.2) is 0 Å². The van der Waals surface area contributed by atoms with Gasteiger partial charge in [0.2, 0.25) is 0 Å². The van der Waals surface area contributed by atoms with E-state index in [0.717, 1.165) is 0 Å². The second-order valence-electron chi connectivity index (χ2n) is 5.33. The Morgan fingerprint density at radius 3 is 1.82 bits per heavy atom. The summed E-state index contributed by atoms with van der Waals surface area (Å²) in [5.74, 6) is 0. The minimum atomic E-state index is 1.25. The Hall–Kier alpha value is -0.300. The van der Waals surface area contributed by atoms with E-state index in [0.29, 0.717) is 0 Å². The normalized spacial score (nSPS) is 11.8. The summed E-state index contributed by atoms with van der Waals surface area (Å²) in [7, 11) is 4.32. The fourth-order valence-electron chi connectivity index (χ4n) is 1.96. The van der Waals surface area contributed by atoms with E-state index in [1.807, 2.05) is 0 Å². The summed E-state index contributed by atoms with van der Waals surface area (Å²) in [6.07, 6.45) is 18.4. The fourth-order valence-corrected chi connectivity index (χ4v) is 1.96. The molecule has 0 unspecified atom stereocenters. The molecular weight excluding hydrogens is 206 g/mol. The average Bonchev–Trinajstić information content (AvgIpc) is 2.30. The van der Waals surface area contributed by atoms with Crippen LogP contribution in [0.3, 0.4) is 0 Å². The maximum atomic E-state index is 2.38. The lowest BCUT2D eigenvalue weighted by Gasteiger charge is -2.08. The standard InChI is InChI=1S/C16H33N/c1-4-5-6-7-8-9-10-11-12-13-14-15-16-17(2)3/h7-8H,4-6,9-16H2,1-3H3. The highest BCUT2D eigenvalue weighted by Gasteiger charge is 1.92. The van der Waals surface area contributed by atoms with Crippen molar-refractivity contribution >= 4 is 0 Å². The molecule has 0 aliphatic heterocycles. The summed E-state index contributed by atoms with van der Waals surface area (Å²) >= 11 is 0. The maximum Gasteiger partial charge on any atom is -0.00248 e. The van der Waals surface area contributed by atoms with Crippen molar-refractivity contribution in [2.45, 2.75) is 71.1 Å². The van der Waals surface area contributed by atoms with Crippen molar-refractivity contribution in [1.29, 1.82) is 0 Å². The van der Waals surface area contributed by atoms with Gasteiger partial charge in [0.25, 0.3) is 0 Å². The molecule has 0 aliphatic rings. The van der Waals surface area contributed by atoms with E-state index in [4.69, 9.17) is 0 Å². The summed E-state index contributed by atoms with van der Waals surface area (Å²) in [6, 6.07) is 0. The van der Waals surface area contributed by atoms with E-state index < -0.39 is 0 Å². The molecule has 0 amide bonds. The SMILES string of the molecule is CCCCC=CCCCCCCCCN(C)C. The molecule has 0 atom stereocenters. The van der Waals surface area contributed by atoms with Crippen LogP contribution >= 0.6 is 0 Å². The van der Waals surface area contributed by atoms with E-state index in [-0.39, 0.29) is 0 Å². The monoisotopic (exact) mass is 239 g/mol. The van der Waals surface area contributed by atoms with Crippen molar-refractivity contribution in [3.05, 3.63) is 12.2 Å². The van der Waals surface area contributed by atoms with Gasteiger partial charge >= 0.3 is 0 Å². The van der Waals surface area contributed by atoms with Crippen LogP contribution in [-0.2, 0) is 0 Å². The fraction of sp³-hybridized carbons (Fsp3) is 0.875. The van der Waals surface area contributed by atoms with Gasteiger partial charge in [-0.25, -0.2) is 0 Å². The van der Waals surface area contributed by atoms with Crippen LogP contribution in [0.25, 0.3) is 0 Å². The van der Waals surface area contributed by atoms with Crippen LogP contribution in [0.2, 0.25) is 0 Å². The Morgan fingerprint density at radius 1 is 0.706 bits per heavy atom. The smallest absolute Gasteiger partial charge is 0.00248 e. The molecule has 0 saturated carbocycles. The van der Waals surface area contributed by atoms with Gasteiger partial charge in [-0.1, -0.05) is 57.6 Å². The Morgan fingerprint density at radius 2 is 1.24 bits per heavy atom. The van der Waals surface area contributed by atoms with Crippen LogP contribution in [-0.4, -0.2) is 25.5 Å². The first-order chi connectivity index (χ1) is 8.27. The van der Waals surface area contributed by atoms with Gasteiger partial charge in [-0.3, -0.25) is 0 Å². The van der Waals surface area contributed by atoms with E-state index in [1.54, 1.807) is 0 Å². The number of rotatable bonds is 12. The molecule has 0 aromatic heterocycles. The largest absolute Gasteiger partial charge is 0.309 e. The molecule has 0 aromatic rings. The zero-order valence-electron chi connectivity index (χ0n) is 12.4. The first-order valence-electron chi connectivity index (χ1n) is 7.57. The van der Waals surface area contributed by atoms with E-state index in [2.05, 4.69) is 38.1 Å². The first kappa shape index (κ1) is 16.7. The topological polar surface area (TPSA) is 3.24 Å². The highest BCUT2D eigenvalue weighted by atomic mass is 15.0. The van der Waals surface area contributed by atoms with Crippen LogP contribution in [0.15, 0.2) is 12.2 Å². The summed E-state index contributed by atoms with van der Waals surface area (Å²) in [5, 5.41) is 0. The molecule has 0 spiro atoms. The Labute approximate surface area is 109 Å². The molecule has 0 aliphatic carbocycles. The molecule has 0 radical (unpaired) electrons. The van der Waals surface area contributed by atoms with Crippen molar-refractivity contribution in [3.63, 3.8) is 0 Å². The van der Waals surface area contributed by atoms with Crippen LogP contribution in [0.5, 0.6) is 0 Å². The zero-order valence-corrected chi connectivity index (χ0v) is 12.4. The van der Waals surface area contributed by atoms with Crippen molar-refractivity contribution in [2.75, 3.05) is 20.6 Å². The summed E-state index contributed by atoms with van der Waals surface area (Å²) in [5.41, 5.74) is 0. The average molecular weight is 239 g/mol. The van der Waals surface area contributed by atoms with E-state index >= 15 is 0 Å². The molecule has 17 heavy (non-hydrogen) atoms. The Kier molecular flexibility index (Phi) is 13.5. The van der Waals surface area contributed by atoms with Gasteiger partial charge in [0.1, 0.15) is 0 Å². The molecule has 102 valence electrons. The van der Waals surface area contributed by atoms with Gasteiger partial charge in [-0.15, -0.1) is 0 Å². The van der Waals surface area contributed by atoms with Gasteiger partial charge in [0.05, 0.1) is 0 Å². The lowest BCUT2D eigenvalue weighted by molar-refractivity contribution is 0.389. The van der Waals surface area contributed by atoms with Crippen LogP contribution in [0.1, 0.15) is 71.1 Å². The third kappa shape index (κ3) is 15.7. The first-order valence-corrected chi connectivity index (χ1v) is 7.57. The number of nitrogens with zero attached hydrogens (tertiary/aromatic N) is 1. The lowest BCUT2D eigenvalue weighted by Crippen LogP contribution is -2.12. The van der Waals surface area contributed by atoms with Gasteiger partial charge in [0, 0.05) is 0 Å². The second kappa shape index (κ2) is 13.8. The van der Waals surface area contributed by atoms with Crippen molar-refractivity contribution in [3.8, 4) is 0 Å². The molecule has 1 nitrogen and oxygen atoms in total. The highest BCUT2D eigenvalue weighted by Crippen LogP contribution is 2.08. The molecule has 0 fully saturated rings. The number of hydrogen-bond donors (Lipinski definition) is 0. The molecule has 0 heterocycles. The zero-order chi connectivity index (χ0) is 12.8. The minimum Gasteiger partial charge on any atom is -0.309 e. The Balaban J connectivity index is 3.01. The molecule has 0 N–H and O–H groups in total. The summed E-state index contributed by atoms with van der Waals surface area (Å²) < 4.78 is 0. The summed E-state index contributed by atoms with van der Waals surface area (Å²) in [6.45, 7) is 3.50. The molecular formula is C16H33N. The van der Waals surface area contributed by atoms with E-state index in [9.17, 15) is 0 Å². The summed E-state index contributed by atoms with van der Waals surface area (Å²) in [4.78, 5) is 2.28. The maximum absolute atomic E-state index is 2.38. The third-order valence-electron chi connectivity index (χ3n) is 3.12. The second-order valence-corrected chi connectivity index (χ2v) is 5.33. The van der Waals surface area contributed by atoms with Crippen LogP contribution < -0.4 is 0 Å². The van der Waals surface area contributed by atoms with Crippen LogP contribution in [0, 0.1) is 0 Å². The van der Waals surface area contributed by atoms with Crippen molar-refractivity contribution < 1.29 is 0 Å². The predicted octanol–water partition coefficient (Wildman–Crippen LogP) is 5.03. The highest BCUT2D eigenvalue weighted by molar-refractivity contribution is 4.81. The molecule has 0 bridgehead atoms. The molecule has 1 heteroatoms. The predicted molar refractivity (Wildman–Crippen MR) is 79.5 cm³/mol. The van der Waals surface area contributed by atoms with Crippen molar-refractivity contribution in [1.82, 2.24) is 4.90 Å². The van der Waals surface area contributed by atoms with Gasteiger partial charge < -0.3 is 4.90 Å².